The lowest BCUT2D eigenvalue weighted by atomic mass is 9.83. The zero-order chi connectivity index (χ0) is 24.2. The standard InChI is InChI=1S/C29H20O7/c30-26-14-20(18-13-17-3-1-2-4-21(17)34-15-18)27-23(35-26)8-6-19-28(31)25(36-29(19)27)12-16-5-7-22-24(11-16)33-10-9-32-22/h1-8,11-13,20H,9-10,14-15H2. The van der Waals surface area contributed by atoms with Gasteiger partial charge in [0.15, 0.2) is 17.3 Å². The molecule has 0 aliphatic carbocycles. The second-order valence-corrected chi connectivity index (χ2v) is 8.97. The highest BCUT2D eigenvalue weighted by atomic mass is 16.6. The number of esters is 1. The molecule has 0 bridgehead atoms. The van der Waals surface area contributed by atoms with E-state index in [0.29, 0.717) is 53.9 Å². The predicted molar refractivity (Wildman–Crippen MR) is 130 cm³/mol. The number of para-hydroxylation sites is 1. The van der Waals surface area contributed by atoms with Crippen molar-refractivity contribution in [2.45, 2.75) is 12.3 Å². The molecule has 1 atom stereocenters. The van der Waals surface area contributed by atoms with Gasteiger partial charge in [-0.15, -0.1) is 0 Å². The van der Waals surface area contributed by atoms with Crippen LogP contribution in [0.2, 0.25) is 0 Å². The SMILES string of the molecule is O=C1CC(C2=Cc3ccccc3OC2)c2c(ccc3c2OC(=Cc2ccc4c(c2)OCCO4)C3=O)O1. The fourth-order valence-electron chi connectivity index (χ4n) is 5.06. The first-order valence-electron chi connectivity index (χ1n) is 11.8. The molecule has 0 saturated heterocycles. The quantitative estimate of drug-likeness (QED) is 0.292. The molecule has 1 unspecified atom stereocenters. The fraction of sp³-hybridized carbons (Fsp3) is 0.172. The van der Waals surface area contributed by atoms with E-state index in [2.05, 4.69) is 0 Å². The highest BCUT2D eigenvalue weighted by molar-refractivity contribution is 6.15. The summed E-state index contributed by atoms with van der Waals surface area (Å²) in [7, 11) is 0. The van der Waals surface area contributed by atoms with E-state index in [9.17, 15) is 9.59 Å². The van der Waals surface area contributed by atoms with E-state index in [-0.39, 0.29) is 29.9 Å². The number of allylic oxidation sites excluding steroid dienone is 1. The van der Waals surface area contributed by atoms with Gasteiger partial charge in [0.1, 0.15) is 37.1 Å². The third-order valence-electron chi connectivity index (χ3n) is 6.75. The van der Waals surface area contributed by atoms with Gasteiger partial charge in [0.05, 0.1) is 12.0 Å². The molecule has 4 heterocycles. The Labute approximate surface area is 206 Å². The molecule has 3 aromatic carbocycles. The summed E-state index contributed by atoms with van der Waals surface area (Å²) in [6.45, 7) is 1.32. The molecule has 178 valence electrons. The molecule has 4 aliphatic heterocycles. The van der Waals surface area contributed by atoms with Crippen molar-refractivity contribution in [3.63, 3.8) is 0 Å². The molecule has 0 spiro atoms. The Morgan fingerprint density at radius 3 is 2.56 bits per heavy atom. The molecule has 4 aliphatic rings. The summed E-state index contributed by atoms with van der Waals surface area (Å²) in [4.78, 5) is 25.8. The minimum atomic E-state index is -0.330. The molecule has 0 saturated carbocycles. The second kappa shape index (κ2) is 8.02. The number of benzene rings is 3. The van der Waals surface area contributed by atoms with Crippen molar-refractivity contribution in [3.8, 4) is 28.7 Å². The average Bonchev–Trinajstić information content (AvgIpc) is 3.22. The van der Waals surface area contributed by atoms with Gasteiger partial charge in [-0.1, -0.05) is 24.3 Å². The Morgan fingerprint density at radius 2 is 1.64 bits per heavy atom. The third kappa shape index (κ3) is 3.35. The average molecular weight is 480 g/mol. The lowest BCUT2D eigenvalue weighted by molar-refractivity contribution is -0.135. The van der Waals surface area contributed by atoms with Gasteiger partial charge >= 0.3 is 5.97 Å². The topological polar surface area (TPSA) is 80.3 Å². The van der Waals surface area contributed by atoms with Crippen molar-refractivity contribution >= 4 is 23.9 Å². The Bertz CT molecular complexity index is 1510. The number of ketones is 1. The van der Waals surface area contributed by atoms with E-state index < -0.39 is 0 Å². The first-order valence-corrected chi connectivity index (χ1v) is 11.8. The van der Waals surface area contributed by atoms with E-state index in [4.69, 9.17) is 23.7 Å². The van der Waals surface area contributed by atoms with Crippen LogP contribution in [0.3, 0.4) is 0 Å². The first-order chi connectivity index (χ1) is 17.6. The molecule has 0 aromatic heterocycles. The zero-order valence-electron chi connectivity index (χ0n) is 19.1. The summed E-state index contributed by atoms with van der Waals surface area (Å²) >= 11 is 0. The number of hydrogen-bond donors (Lipinski definition) is 0. The van der Waals surface area contributed by atoms with Crippen LogP contribution in [0.15, 0.2) is 65.9 Å². The van der Waals surface area contributed by atoms with Gasteiger partial charge in [0, 0.05) is 17.0 Å². The molecule has 36 heavy (non-hydrogen) atoms. The Kier molecular flexibility index (Phi) is 4.64. The smallest absolute Gasteiger partial charge is 0.312 e. The third-order valence-corrected chi connectivity index (χ3v) is 6.75. The summed E-state index contributed by atoms with van der Waals surface area (Å²) in [6, 6.07) is 16.6. The van der Waals surface area contributed by atoms with Crippen molar-refractivity contribution in [3.05, 3.63) is 88.2 Å². The summed E-state index contributed by atoms with van der Waals surface area (Å²) < 4.78 is 28.9. The highest BCUT2D eigenvalue weighted by Gasteiger charge is 2.39. The number of ether oxygens (including phenoxy) is 5. The van der Waals surface area contributed by atoms with Gasteiger partial charge in [-0.3, -0.25) is 9.59 Å². The lowest BCUT2D eigenvalue weighted by Gasteiger charge is -2.30. The monoisotopic (exact) mass is 480 g/mol. The van der Waals surface area contributed by atoms with Crippen LogP contribution in [0.4, 0.5) is 0 Å². The molecule has 0 radical (unpaired) electrons. The number of hydrogen-bond acceptors (Lipinski definition) is 7. The first kappa shape index (κ1) is 20.8. The molecule has 0 fully saturated rings. The van der Waals surface area contributed by atoms with Crippen LogP contribution in [0, 0.1) is 0 Å². The highest BCUT2D eigenvalue weighted by Crippen LogP contribution is 2.50. The van der Waals surface area contributed by atoms with Gasteiger partial charge in [0.25, 0.3) is 0 Å². The van der Waals surface area contributed by atoms with E-state index in [1.165, 1.54) is 0 Å². The minimum Gasteiger partial charge on any atom is -0.489 e. The molecular weight excluding hydrogens is 460 g/mol. The van der Waals surface area contributed by atoms with Gasteiger partial charge in [0.2, 0.25) is 5.78 Å². The summed E-state index contributed by atoms with van der Waals surface area (Å²) in [5, 5.41) is 0. The maximum Gasteiger partial charge on any atom is 0.312 e. The molecule has 7 rings (SSSR count). The number of carbonyl (C=O) groups is 2. The Morgan fingerprint density at radius 1 is 0.806 bits per heavy atom. The van der Waals surface area contributed by atoms with Crippen molar-refractivity contribution in [1.82, 2.24) is 0 Å². The largest absolute Gasteiger partial charge is 0.489 e. The summed E-state index contributed by atoms with van der Waals surface area (Å²) in [5.41, 5.74) is 3.77. The predicted octanol–water partition coefficient (Wildman–Crippen LogP) is 4.94. The van der Waals surface area contributed by atoms with Gasteiger partial charge in [-0.05, 0) is 53.6 Å². The van der Waals surface area contributed by atoms with E-state index in [1.807, 2.05) is 48.5 Å². The molecule has 0 amide bonds. The van der Waals surface area contributed by atoms with E-state index >= 15 is 0 Å². The lowest BCUT2D eigenvalue weighted by Crippen LogP contribution is -2.24. The van der Waals surface area contributed by atoms with Crippen LogP contribution in [0.5, 0.6) is 28.7 Å². The molecule has 0 N–H and O–H groups in total. The number of fused-ring (bicyclic) bond motifs is 5. The maximum atomic E-state index is 13.3. The molecular formula is C29H20O7. The van der Waals surface area contributed by atoms with Crippen molar-refractivity contribution < 1.29 is 33.3 Å². The normalized spacial score (nSPS) is 20.4. The molecule has 7 nitrogen and oxygen atoms in total. The van der Waals surface area contributed by atoms with Gasteiger partial charge < -0.3 is 23.7 Å². The Hall–Kier alpha value is -4.52. The van der Waals surface area contributed by atoms with Crippen molar-refractivity contribution in [2.75, 3.05) is 19.8 Å². The van der Waals surface area contributed by atoms with Crippen LogP contribution in [0.25, 0.3) is 12.2 Å². The number of Topliss-reactive ketones (excluding diaryl/α,β-unsaturated/α-hetero) is 1. The van der Waals surface area contributed by atoms with Crippen molar-refractivity contribution in [1.29, 1.82) is 0 Å². The van der Waals surface area contributed by atoms with Crippen LogP contribution in [-0.2, 0) is 4.79 Å². The number of rotatable bonds is 2. The second-order valence-electron chi connectivity index (χ2n) is 8.97. The summed E-state index contributed by atoms with van der Waals surface area (Å²) in [6.07, 6.45) is 3.88. The van der Waals surface area contributed by atoms with Gasteiger partial charge in [-0.2, -0.15) is 0 Å². The summed E-state index contributed by atoms with van der Waals surface area (Å²) in [5.74, 6) is 2.26. The Balaban J connectivity index is 1.28. The van der Waals surface area contributed by atoms with E-state index in [1.54, 1.807) is 18.2 Å². The van der Waals surface area contributed by atoms with E-state index in [0.717, 1.165) is 22.4 Å². The van der Waals surface area contributed by atoms with Gasteiger partial charge in [-0.25, -0.2) is 0 Å². The fourth-order valence-corrected chi connectivity index (χ4v) is 5.06. The minimum absolute atomic E-state index is 0.138. The van der Waals surface area contributed by atoms with Crippen LogP contribution < -0.4 is 23.7 Å². The van der Waals surface area contributed by atoms with Crippen LogP contribution in [0.1, 0.15) is 39.4 Å². The number of carbonyl (C=O) groups excluding carboxylic acids is 2. The van der Waals surface area contributed by atoms with Crippen LogP contribution in [-0.4, -0.2) is 31.6 Å². The molecule has 7 heteroatoms. The van der Waals surface area contributed by atoms with Crippen molar-refractivity contribution in [2.24, 2.45) is 0 Å². The maximum absolute atomic E-state index is 13.3. The zero-order valence-corrected chi connectivity index (χ0v) is 19.1. The molecule has 3 aromatic rings. The van der Waals surface area contributed by atoms with Crippen LogP contribution >= 0.6 is 0 Å².